The van der Waals surface area contributed by atoms with Crippen LogP contribution >= 0.6 is 0 Å². The molecule has 2 rings (SSSR count). The average Bonchev–Trinajstić information content (AvgIpc) is 2.14. The van der Waals surface area contributed by atoms with Gasteiger partial charge < -0.3 is 9.80 Å². The maximum absolute atomic E-state index is 10.9. The Hall–Kier alpha value is -0.410. The summed E-state index contributed by atoms with van der Waals surface area (Å²) in [6.45, 7) is 7.63. The summed E-state index contributed by atoms with van der Waals surface area (Å²) in [5, 5.41) is 0. The van der Waals surface area contributed by atoms with Gasteiger partial charge in [-0.2, -0.15) is 0 Å². The van der Waals surface area contributed by atoms with Crippen molar-refractivity contribution in [1.29, 1.82) is 0 Å². The van der Waals surface area contributed by atoms with Crippen molar-refractivity contribution >= 4 is 5.78 Å². The molecular formula is C12H22N2O. The minimum atomic E-state index is 0.319. The summed E-state index contributed by atoms with van der Waals surface area (Å²) in [5.74, 6) is 0.319. The lowest BCUT2D eigenvalue weighted by Gasteiger charge is -2.53. The topological polar surface area (TPSA) is 23.6 Å². The first-order valence-corrected chi connectivity index (χ1v) is 6.00. The van der Waals surface area contributed by atoms with Crippen molar-refractivity contribution in [2.75, 3.05) is 39.8 Å². The molecule has 0 unspecified atom stereocenters. The molecule has 2 aliphatic rings. The fourth-order valence-corrected chi connectivity index (χ4v) is 2.79. The summed E-state index contributed by atoms with van der Waals surface area (Å²) in [6.07, 6.45) is 3.43. The number of Topliss-reactive ketones (excluding diaryl/α,β-unsaturated/α-hetero) is 1. The van der Waals surface area contributed by atoms with Gasteiger partial charge in [-0.25, -0.2) is 0 Å². The number of piperidine rings is 1. The predicted molar refractivity (Wildman–Crippen MR) is 60.9 cm³/mol. The highest BCUT2D eigenvalue weighted by Gasteiger charge is 2.43. The van der Waals surface area contributed by atoms with Crippen molar-refractivity contribution in [3.8, 4) is 0 Å². The van der Waals surface area contributed by atoms with Gasteiger partial charge in [-0.15, -0.1) is 0 Å². The zero-order valence-corrected chi connectivity index (χ0v) is 9.96. The van der Waals surface area contributed by atoms with Crippen LogP contribution in [0.4, 0.5) is 0 Å². The van der Waals surface area contributed by atoms with Gasteiger partial charge in [-0.05, 0) is 45.3 Å². The minimum Gasteiger partial charge on any atom is -0.306 e. The fraction of sp³-hybridized carbons (Fsp3) is 0.917. The van der Waals surface area contributed by atoms with Crippen LogP contribution in [0.2, 0.25) is 0 Å². The van der Waals surface area contributed by atoms with Gasteiger partial charge in [0, 0.05) is 26.1 Å². The van der Waals surface area contributed by atoms with E-state index in [9.17, 15) is 4.79 Å². The van der Waals surface area contributed by atoms with Crippen molar-refractivity contribution in [3.05, 3.63) is 0 Å². The van der Waals surface area contributed by atoms with Gasteiger partial charge in [0.05, 0.1) is 0 Å². The van der Waals surface area contributed by atoms with Crippen LogP contribution < -0.4 is 0 Å². The molecule has 2 aliphatic heterocycles. The Labute approximate surface area is 92.4 Å². The highest BCUT2D eigenvalue weighted by molar-refractivity contribution is 5.75. The van der Waals surface area contributed by atoms with Crippen LogP contribution in [0.25, 0.3) is 0 Å². The van der Waals surface area contributed by atoms with Gasteiger partial charge in [0.2, 0.25) is 0 Å². The summed E-state index contributed by atoms with van der Waals surface area (Å²) in [4.78, 5) is 15.7. The predicted octanol–water partition coefficient (Wildman–Crippen LogP) is 0.993. The second kappa shape index (κ2) is 4.22. The number of rotatable bonds is 3. The average molecular weight is 210 g/mol. The van der Waals surface area contributed by atoms with E-state index in [2.05, 4.69) is 16.8 Å². The molecule has 2 fully saturated rings. The smallest absolute Gasteiger partial charge is 0.131 e. The lowest BCUT2D eigenvalue weighted by Crippen LogP contribution is -2.60. The number of hydrogen-bond donors (Lipinski definition) is 0. The number of nitrogens with zero attached hydrogens (tertiary/aromatic N) is 2. The third-order valence-electron chi connectivity index (χ3n) is 3.95. The van der Waals surface area contributed by atoms with E-state index in [0.717, 1.165) is 13.0 Å². The van der Waals surface area contributed by atoms with Crippen molar-refractivity contribution in [2.24, 2.45) is 5.41 Å². The Morgan fingerprint density at radius 2 is 1.87 bits per heavy atom. The van der Waals surface area contributed by atoms with Gasteiger partial charge in [0.15, 0.2) is 0 Å². The van der Waals surface area contributed by atoms with Crippen molar-refractivity contribution in [3.63, 3.8) is 0 Å². The molecule has 0 aliphatic carbocycles. The van der Waals surface area contributed by atoms with E-state index >= 15 is 0 Å². The van der Waals surface area contributed by atoms with Gasteiger partial charge in [-0.1, -0.05) is 0 Å². The SMILES string of the molecule is CC(=O)CCN1CC2(CCN(C)CC2)C1. The van der Waals surface area contributed by atoms with Gasteiger partial charge in [0.1, 0.15) is 5.78 Å². The summed E-state index contributed by atoms with van der Waals surface area (Å²) in [6, 6.07) is 0. The first kappa shape index (κ1) is 11.1. The number of hydrogen-bond acceptors (Lipinski definition) is 3. The molecule has 0 aromatic carbocycles. The molecular weight excluding hydrogens is 188 g/mol. The van der Waals surface area contributed by atoms with Crippen molar-refractivity contribution in [2.45, 2.75) is 26.2 Å². The van der Waals surface area contributed by atoms with E-state index in [-0.39, 0.29) is 0 Å². The number of ketones is 1. The molecule has 0 N–H and O–H groups in total. The van der Waals surface area contributed by atoms with Crippen LogP contribution in [-0.2, 0) is 4.79 Å². The molecule has 15 heavy (non-hydrogen) atoms. The second-order valence-electron chi connectivity index (χ2n) is 5.47. The maximum atomic E-state index is 10.9. The highest BCUT2D eigenvalue weighted by Crippen LogP contribution is 2.39. The molecule has 0 bridgehead atoms. The number of carbonyl (C=O) groups excluding carboxylic acids is 1. The molecule has 0 aromatic heterocycles. The molecule has 0 aromatic rings. The lowest BCUT2D eigenvalue weighted by atomic mass is 9.72. The summed E-state index contributed by atoms with van der Waals surface area (Å²) >= 11 is 0. The van der Waals surface area contributed by atoms with Crippen molar-refractivity contribution in [1.82, 2.24) is 9.80 Å². The molecule has 3 nitrogen and oxygen atoms in total. The number of carbonyl (C=O) groups is 1. The molecule has 2 saturated heterocycles. The van der Waals surface area contributed by atoms with Gasteiger partial charge in [-0.3, -0.25) is 4.79 Å². The van der Waals surface area contributed by atoms with Gasteiger partial charge >= 0.3 is 0 Å². The van der Waals surface area contributed by atoms with Crippen LogP contribution in [0.15, 0.2) is 0 Å². The van der Waals surface area contributed by atoms with E-state index in [0.29, 0.717) is 11.2 Å². The van der Waals surface area contributed by atoms with Crippen LogP contribution in [0, 0.1) is 5.41 Å². The Morgan fingerprint density at radius 3 is 2.40 bits per heavy atom. The van der Waals surface area contributed by atoms with Crippen LogP contribution in [0.5, 0.6) is 0 Å². The zero-order chi connectivity index (χ0) is 10.9. The Morgan fingerprint density at radius 1 is 1.27 bits per heavy atom. The molecule has 3 heteroatoms. The van der Waals surface area contributed by atoms with E-state index < -0.39 is 0 Å². The molecule has 0 atom stereocenters. The monoisotopic (exact) mass is 210 g/mol. The zero-order valence-electron chi connectivity index (χ0n) is 9.96. The quantitative estimate of drug-likeness (QED) is 0.694. The van der Waals surface area contributed by atoms with Crippen LogP contribution in [0.1, 0.15) is 26.2 Å². The molecule has 0 radical (unpaired) electrons. The Kier molecular flexibility index (Phi) is 3.12. The largest absolute Gasteiger partial charge is 0.306 e. The van der Waals surface area contributed by atoms with E-state index in [4.69, 9.17) is 0 Å². The minimum absolute atomic E-state index is 0.319. The van der Waals surface area contributed by atoms with E-state index in [1.54, 1.807) is 6.92 Å². The lowest BCUT2D eigenvalue weighted by molar-refractivity contribution is -0.118. The third-order valence-corrected chi connectivity index (χ3v) is 3.95. The van der Waals surface area contributed by atoms with Crippen molar-refractivity contribution < 1.29 is 4.79 Å². The first-order valence-electron chi connectivity index (χ1n) is 6.00. The normalized spacial score (nSPS) is 26.5. The summed E-state index contributed by atoms with van der Waals surface area (Å²) < 4.78 is 0. The van der Waals surface area contributed by atoms with Crippen LogP contribution in [0.3, 0.4) is 0 Å². The molecule has 0 amide bonds. The molecule has 2 heterocycles. The summed E-state index contributed by atoms with van der Waals surface area (Å²) in [7, 11) is 2.21. The standard InChI is InChI=1S/C12H22N2O/c1-11(15)3-6-14-9-12(10-14)4-7-13(2)8-5-12/h3-10H2,1-2H3. The van der Waals surface area contributed by atoms with Crippen LogP contribution in [-0.4, -0.2) is 55.4 Å². The first-order chi connectivity index (χ1) is 7.10. The Bertz CT molecular complexity index is 236. The molecule has 86 valence electrons. The maximum Gasteiger partial charge on any atom is 0.131 e. The van der Waals surface area contributed by atoms with E-state index in [1.165, 1.54) is 39.0 Å². The third kappa shape index (κ3) is 2.58. The van der Waals surface area contributed by atoms with E-state index in [1.807, 2.05) is 0 Å². The number of likely N-dealkylation sites (tertiary alicyclic amines) is 2. The molecule has 1 spiro atoms. The molecule has 0 saturated carbocycles. The Balaban J connectivity index is 1.70. The summed E-state index contributed by atoms with van der Waals surface area (Å²) in [5.41, 5.74) is 0.614. The van der Waals surface area contributed by atoms with Gasteiger partial charge in [0.25, 0.3) is 0 Å². The highest BCUT2D eigenvalue weighted by atomic mass is 16.1. The second-order valence-corrected chi connectivity index (χ2v) is 5.47. The fourth-order valence-electron chi connectivity index (χ4n) is 2.79.